The van der Waals surface area contributed by atoms with Crippen LogP contribution in [0, 0.1) is 10.1 Å². The Morgan fingerprint density at radius 2 is 2.19 bits per heavy atom. The predicted octanol–water partition coefficient (Wildman–Crippen LogP) is 2.67. The van der Waals surface area contributed by atoms with Gasteiger partial charge in [-0.2, -0.15) is 0 Å². The molecule has 7 heteroatoms. The summed E-state index contributed by atoms with van der Waals surface area (Å²) in [4.78, 5) is 23.7. The molecule has 1 aromatic carbocycles. The lowest BCUT2D eigenvalue weighted by Crippen LogP contribution is -2.26. The monoisotopic (exact) mass is 305 g/mol. The number of anilines is 1. The summed E-state index contributed by atoms with van der Waals surface area (Å²) < 4.78 is 0. The average Bonchev–Trinajstić information content (AvgIpc) is 2.99. The van der Waals surface area contributed by atoms with Crippen LogP contribution in [0.5, 0.6) is 0 Å². The van der Waals surface area contributed by atoms with Crippen molar-refractivity contribution in [2.45, 2.75) is 6.42 Å². The highest BCUT2D eigenvalue weighted by molar-refractivity contribution is 7.09. The van der Waals surface area contributed by atoms with E-state index in [0.29, 0.717) is 18.7 Å². The highest BCUT2D eigenvalue weighted by Gasteiger charge is 2.20. The van der Waals surface area contributed by atoms with Crippen molar-refractivity contribution in [3.63, 3.8) is 0 Å². The Hall–Kier alpha value is -2.41. The van der Waals surface area contributed by atoms with Gasteiger partial charge in [-0.1, -0.05) is 6.07 Å². The fraction of sp³-hybridized carbons (Fsp3) is 0.214. The summed E-state index contributed by atoms with van der Waals surface area (Å²) in [6.45, 7) is 0.445. The molecular formula is C14H15N3O3S. The summed E-state index contributed by atoms with van der Waals surface area (Å²) in [5.41, 5.74) is 0.532. The second-order valence-corrected chi connectivity index (χ2v) is 5.36. The number of carbonyl (C=O) groups is 1. The molecular weight excluding hydrogens is 290 g/mol. The van der Waals surface area contributed by atoms with Gasteiger partial charge in [0.25, 0.3) is 11.6 Å². The standard InChI is InChI=1S/C14H15N3O3S/c1-15-10-4-5-13(17(19)20)12(9-10)14(18)16-7-6-11-3-2-8-21-11/h2-5,8-9,15H,6-7H2,1H3,(H,16,18). The van der Waals surface area contributed by atoms with Gasteiger partial charge in [0.1, 0.15) is 5.56 Å². The first-order valence-corrected chi connectivity index (χ1v) is 7.26. The van der Waals surface area contributed by atoms with E-state index in [1.165, 1.54) is 12.1 Å². The Labute approximate surface area is 126 Å². The smallest absolute Gasteiger partial charge is 0.282 e. The van der Waals surface area contributed by atoms with E-state index in [9.17, 15) is 14.9 Å². The van der Waals surface area contributed by atoms with Gasteiger partial charge in [0, 0.05) is 30.2 Å². The van der Waals surface area contributed by atoms with Gasteiger partial charge in [-0.15, -0.1) is 11.3 Å². The molecule has 21 heavy (non-hydrogen) atoms. The molecule has 0 atom stereocenters. The highest BCUT2D eigenvalue weighted by atomic mass is 32.1. The van der Waals surface area contributed by atoms with Gasteiger partial charge in [-0.3, -0.25) is 14.9 Å². The molecule has 110 valence electrons. The van der Waals surface area contributed by atoms with E-state index in [2.05, 4.69) is 10.6 Å². The lowest BCUT2D eigenvalue weighted by Gasteiger charge is -2.07. The molecule has 0 aliphatic carbocycles. The molecule has 0 fully saturated rings. The SMILES string of the molecule is CNc1ccc([N+](=O)[O-])c(C(=O)NCCc2cccs2)c1. The molecule has 0 aliphatic heterocycles. The average molecular weight is 305 g/mol. The van der Waals surface area contributed by atoms with E-state index < -0.39 is 10.8 Å². The maximum absolute atomic E-state index is 12.1. The van der Waals surface area contributed by atoms with Crippen LogP contribution in [0.3, 0.4) is 0 Å². The Morgan fingerprint density at radius 1 is 1.38 bits per heavy atom. The molecule has 0 saturated carbocycles. The van der Waals surface area contributed by atoms with Crippen LogP contribution in [0.1, 0.15) is 15.2 Å². The number of benzene rings is 1. The largest absolute Gasteiger partial charge is 0.388 e. The minimum absolute atomic E-state index is 0.0676. The zero-order chi connectivity index (χ0) is 15.2. The van der Waals surface area contributed by atoms with Crippen LogP contribution >= 0.6 is 11.3 Å². The van der Waals surface area contributed by atoms with E-state index in [4.69, 9.17) is 0 Å². The van der Waals surface area contributed by atoms with Gasteiger partial charge in [0.15, 0.2) is 0 Å². The second kappa shape index (κ2) is 6.85. The number of nitro benzene ring substituents is 1. The van der Waals surface area contributed by atoms with Crippen molar-refractivity contribution >= 4 is 28.6 Å². The van der Waals surface area contributed by atoms with Crippen LogP contribution in [0.4, 0.5) is 11.4 Å². The fourth-order valence-electron chi connectivity index (χ4n) is 1.88. The van der Waals surface area contributed by atoms with Crippen LogP contribution in [-0.4, -0.2) is 24.4 Å². The predicted molar refractivity (Wildman–Crippen MR) is 83.0 cm³/mol. The molecule has 6 nitrogen and oxygen atoms in total. The number of nitro groups is 1. The molecule has 0 bridgehead atoms. The molecule has 0 unspecified atom stereocenters. The summed E-state index contributed by atoms with van der Waals surface area (Å²) in [7, 11) is 1.69. The number of amides is 1. The van der Waals surface area contributed by atoms with E-state index in [0.717, 1.165) is 4.88 Å². The molecule has 1 heterocycles. The summed E-state index contributed by atoms with van der Waals surface area (Å²) in [5.74, 6) is -0.435. The quantitative estimate of drug-likeness (QED) is 0.635. The van der Waals surface area contributed by atoms with Crippen molar-refractivity contribution < 1.29 is 9.72 Å². The second-order valence-electron chi connectivity index (χ2n) is 4.32. The molecule has 2 rings (SSSR count). The zero-order valence-corrected chi connectivity index (χ0v) is 12.3. The van der Waals surface area contributed by atoms with Gasteiger partial charge in [-0.05, 0) is 30.0 Å². The third-order valence-electron chi connectivity index (χ3n) is 2.96. The van der Waals surface area contributed by atoms with Crippen LogP contribution < -0.4 is 10.6 Å². The normalized spacial score (nSPS) is 10.1. The number of hydrogen-bond donors (Lipinski definition) is 2. The molecule has 2 aromatic rings. The van der Waals surface area contributed by atoms with Crippen molar-refractivity contribution in [3.8, 4) is 0 Å². The Morgan fingerprint density at radius 3 is 2.81 bits per heavy atom. The van der Waals surface area contributed by atoms with Gasteiger partial charge in [0.05, 0.1) is 4.92 Å². The van der Waals surface area contributed by atoms with E-state index >= 15 is 0 Å². The van der Waals surface area contributed by atoms with Crippen molar-refractivity contribution in [1.82, 2.24) is 5.32 Å². The summed E-state index contributed by atoms with van der Waals surface area (Å²) in [5, 5.41) is 18.5. The van der Waals surface area contributed by atoms with E-state index in [1.54, 1.807) is 24.5 Å². The molecule has 0 aliphatic rings. The summed E-state index contributed by atoms with van der Waals surface area (Å²) in [6, 6.07) is 8.32. The lowest BCUT2D eigenvalue weighted by atomic mass is 10.1. The van der Waals surface area contributed by atoms with Crippen LogP contribution in [0.15, 0.2) is 35.7 Å². The van der Waals surface area contributed by atoms with Gasteiger partial charge in [-0.25, -0.2) is 0 Å². The molecule has 0 radical (unpaired) electrons. The lowest BCUT2D eigenvalue weighted by molar-refractivity contribution is -0.385. The van der Waals surface area contributed by atoms with Crippen LogP contribution in [0.25, 0.3) is 0 Å². The molecule has 1 aromatic heterocycles. The first kappa shape index (κ1) is 15.0. The fourth-order valence-corrected chi connectivity index (χ4v) is 2.59. The topological polar surface area (TPSA) is 84.3 Å². The Kier molecular flexibility index (Phi) is 4.89. The number of thiophene rings is 1. The van der Waals surface area contributed by atoms with Gasteiger partial charge < -0.3 is 10.6 Å². The number of nitrogens with one attached hydrogen (secondary N) is 2. The van der Waals surface area contributed by atoms with Crippen molar-refractivity contribution in [1.29, 1.82) is 0 Å². The number of rotatable bonds is 6. The van der Waals surface area contributed by atoms with Gasteiger partial charge in [0.2, 0.25) is 0 Å². The third kappa shape index (κ3) is 3.79. The number of hydrogen-bond acceptors (Lipinski definition) is 5. The summed E-state index contributed by atoms with van der Waals surface area (Å²) in [6.07, 6.45) is 0.711. The third-order valence-corrected chi connectivity index (χ3v) is 3.90. The van der Waals surface area contributed by atoms with Crippen molar-refractivity contribution in [2.24, 2.45) is 0 Å². The molecule has 0 saturated heterocycles. The number of carbonyl (C=O) groups excluding carboxylic acids is 1. The maximum Gasteiger partial charge on any atom is 0.282 e. The van der Waals surface area contributed by atoms with Crippen LogP contribution in [0.2, 0.25) is 0 Å². The summed E-state index contributed by atoms with van der Waals surface area (Å²) >= 11 is 1.61. The van der Waals surface area contributed by atoms with Crippen molar-refractivity contribution in [3.05, 3.63) is 56.3 Å². The van der Waals surface area contributed by atoms with E-state index in [1.807, 2.05) is 17.5 Å². The first-order chi connectivity index (χ1) is 10.1. The first-order valence-electron chi connectivity index (χ1n) is 6.38. The minimum Gasteiger partial charge on any atom is -0.388 e. The molecule has 1 amide bonds. The maximum atomic E-state index is 12.1. The van der Waals surface area contributed by atoms with Crippen molar-refractivity contribution in [2.75, 3.05) is 18.9 Å². The van der Waals surface area contributed by atoms with Gasteiger partial charge >= 0.3 is 0 Å². The number of nitrogens with zero attached hydrogens (tertiary/aromatic N) is 1. The van der Waals surface area contributed by atoms with E-state index in [-0.39, 0.29) is 11.3 Å². The van der Waals surface area contributed by atoms with Crippen LogP contribution in [-0.2, 0) is 6.42 Å². The Bertz CT molecular complexity index is 641. The highest BCUT2D eigenvalue weighted by Crippen LogP contribution is 2.22. The molecule has 2 N–H and O–H groups in total. The zero-order valence-electron chi connectivity index (χ0n) is 11.5. The molecule has 0 spiro atoms. The Balaban J connectivity index is 2.08. The minimum atomic E-state index is -0.548.